The summed E-state index contributed by atoms with van der Waals surface area (Å²) in [7, 11) is 2.03. The molecule has 1 aromatic carbocycles. The maximum Gasteiger partial charge on any atom is 0.410 e. The summed E-state index contributed by atoms with van der Waals surface area (Å²) in [6, 6.07) is 7.88. The predicted molar refractivity (Wildman–Crippen MR) is 103 cm³/mol. The number of para-hydroxylation sites is 2. The van der Waals surface area contributed by atoms with Crippen LogP contribution in [0, 0.1) is 5.92 Å². The monoisotopic (exact) mass is 356 g/mol. The molecule has 1 atom stereocenters. The van der Waals surface area contributed by atoms with Gasteiger partial charge in [-0.2, -0.15) is 0 Å². The first-order valence-corrected chi connectivity index (χ1v) is 9.23. The van der Waals surface area contributed by atoms with Crippen LogP contribution >= 0.6 is 0 Å². The standard InChI is InChI=1S/C20H28N4O2/c1-20(2,3)26-19(25)24-11-7-8-15(14-24)13-23(4)18-12-21-16-9-5-6-10-17(16)22-18/h5-6,9-10,12,15H,7-8,11,13-14H2,1-4H3/t15-/m0/s1. The molecule has 0 aliphatic carbocycles. The van der Waals surface area contributed by atoms with Crippen LogP contribution in [0.3, 0.4) is 0 Å². The molecule has 6 heteroatoms. The van der Waals surface area contributed by atoms with Gasteiger partial charge in [0.1, 0.15) is 11.4 Å². The molecule has 6 nitrogen and oxygen atoms in total. The van der Waals surface area contributed by atoms with Crippen molar-refractivity contribution in [3.8, 4) is 0 Å². The number of rotatable bonds is 3. The highest BCUT2D eigenvalue weighted by Gasteiger charge is 2.28. The molecular weight excluding hydrogens is 328 g/mol. The highest BCUT2D eigenvalue weighted by atomic mass is 16.6. The molecule has 1 aliphatic rings. The van der Waals surface area contributed by atoms with Crippen LogP contribution in [-0.2, 0) is 4.74 Å². The summed E-state index contributed by atoms with van der Waals surface area (Å²) >= 11 is 0. The Balaban J connectivity index is 1.62. The van der Waals surface area contributed by atoms with E-state index >= 15 is 0 Å². The van der Waals surface area contributed by atoms with E-state index in [0.717, 1.165) is 49.3 Å². The van der Waals surface area contributed by atoms with E-state index < -0.39 is 5.60 Å². The fourth-order valence-electron chi connectivity index (χ4n) is 3.32. The summed E-state index contributed by atoms with van der Waals surface area (Å²) in [5, 5.41) is 0. The SMILES string of the molecule is CN(C[C@@H]1CCCN(C(=O)OC(C)(C)C)C1)c1cnc2ccccc2n1. The Hall–Kier alpha value is -2.37. The first-order valence-electron chi connectivity index (χ1n) is 9.23. The van der Waals surface area contributed by atoms with Crippen molar-refractivity contribution in [1.29, 1.82) is 0 Å². The number of amides is 1. The van der Waals surface area contributed by atoms with Gasteiger partial charge in [0.25, 0.3) is 0 Å². The number of carbonyl (C=O) groups excluding carboxylic acids is 1. The van der Waals surface area contributed by atoms with Crippen LogP contribution in [0.15, 0.2) is 30.5 Å². The number of nitrogens with zero attached hydrogens (tertiary/aromatic N) is 4. The predicted octanol–water partition coefficient (Wildman–Crippen LogP) is 3.71. The van der Waals surface area contributed by atoms with E-state index in [1.165, 1.54) is 0 Å². The molecule has 140 valence electrons. The van der Waals surface area contributed by atoms with E-state index in [2.05, 4.69) is 9.88 Å². The van der Waals surface area contributed by atoms with Crippen LogP contribution in [0.2, 0.25) is 0 Å². The lowest BCUT2D eigenvalue weighted by Crippen LogP contribution is -2.45. The van der Waals surface area contributed by atoms with Gasteiger partial charge in [-0.3, -0.25) is 4.98 Å². The summed E-state index contributed by atoms with van der Waals surface area (Å²) in [4.78, 5) is 25.5. The van der Waals surface area contributed by atoms with Gasteiger partial charge in [-0.1, -0.05) is 12.1 Å². The zero-order chi connectivity index (χ0) is 18.7. The van der Waals surface area contributed by atoms with E-state index in [0.29, 0.717) is 5.92 Å². The molecule has 0 bridgehead atoms. The number of ether oxygens (including phenoxy) is 1. The smallest absolute Gasteiger partial charge is 0.410 e. The Morgan fingerprint density at radius 2 is 2.04 bits per heavy atom. The van der Waals surface area contributed by atoms with Crippen molar-refractivity contribution >= 4 is 22.9 Å². The largest absolute Gasteiger partial charge is 0.444 e. The number of anilines is 1. The van der Waals surface area contributed by atoms with Crippen molar-refractivity contribution in [3.05, 3.63) is 30.5 Å². The molecular formula is C20H28N4O2. The third kappa shape index (κ3) is 4.62. The Morgan fingerprint density at radius 3 is 2.77 bits per heavy atom. The average Bonchev–Trinajstić information content (AvgIpc) is 2.60. The Labute approximate surface area is 155 Å². The molecule has 0 unspecified atom stereocenters. The van der Waals surface area contributed by atoms with E-state index in [4.69, 9.17) is 9.72 Å². The molecule has 1 saturated heterocycles. The Bertz CT molecular complexity index is 772. The Morgan fingerprint density at radius 1 is 1.31 bits per heavy atom. The maximum atomic E-state index is 12.3. The quantitative estimate of drug-likeness (QED) is 0.839. The van der Waals surface area contributed by atoms with Gasteiger partial charge in [-0.15, -0.1) is 0 Å². The van der Waals surface area contributed by atoms with Crippen molar-refractivity contribution in [2.45, 2.75) is 39.2 Å². The van der Waals surface area contributed by atoms with Gasteiger partial charge in [0.15, 0.2) is 0 Å². The molecule has 0 N–H and O–H groups in total. The number of hydrogen-bond acceptors (Lipinski definition) is 5. The van der Waals surface area contributed by atoms with Crippen LogP contribution < -0.4 is 4.90 Å². The fraction of sp³-hybridized carbons (Fsp3) is 0.550. The zero-order valence-corrected chi connectivity index (χ0v) is 16.1. The summed E-state index contributed by atoms with van der Waals surface area (Å²) in [6.07, 6.45) is 3.71. The second-order valence-electron chi connectivity index (χ2n) is 8.03. The zero-order valence-electron chi connectivity index (χ0n) is 16.1. The van der Waals surface area contributed by atoms with Crippen LogP contribution in [0.5, 0.6) is 0 Å². The summed E-state index contributed by atoms with van der Waals surface area (Å²) < 4.78 is 5.51. The van der Waals surface area contributed by atoms with E-state index in [1.807, 2.05) is 63.2 Å². The lowest BCUT2D eigenvalue weighted by Gasteiger charge is -2.35. The van der Waals surface area contributed by atoms with Crippen LogP contribution in [-0.4, -0.2) is 53.2 Å². The molecule has 1 amide bonds. The molecule has 26 heavy (non-hydrogen) atoms. The minimum atomic E-state index is -0.457. The van der Waals surface area contributed by atoms with Gasteiger partial charge in [0.2, 0.25) is 0 Å². The number of piperidine rings is 1. The van der Waals surface area contributed by atoms with Gasteiger partial charge in [0, 0.05) is 26.7 Å². The van der Waals surface area contributed by atoms with E-state index in [9.17, 15) is 4.79 Å². The normalized spacial score (nSPS) is 18.0. The minimum absolute atomic E-state index is 0.213. The summed E-state index contributed by atoms with van der Waals surface area (Å²) in [5.74, 6) is 1.26. The number of fused-ring (bicyclic) bond motifs is 1. The summed E-state index contributed by atoms with van der Waals surface area (Å²) in [5.41, 5.74) is 1.34. The molecule has 0 radical (unpaired) electrons. The lowest BCUT2D eigenvalue weighted by molar-refractivity contribution is 0.0170. The van der Waals surface area contributed by atoms with Gasteiger partial charge in [0.05, 0.1) is 17.2 Å². The molecule has 1 aliphatic heterocycles. The van der Waals surface area contributed by atoms with Crippen LogP contribution in [0.4, 0.5) is 10.6 Å². The number of likely N-dealkylation sites (tertiary alicyclic amines) is 1. The first kappa shape index (κ1) is 18.4. The average molecular weight is 356 g/mol. The second-order valence-corrected chi connectivity index (χ2v) is 8.03. The van der Waals surface area contributed by atoms with Gasteiger partial charge in [-0.05, 0) is 51.7 Å². The number of benzene rings is 1. The van der Waals surface area contributed by atoms with E-state index in [-0.39, 0.29) is 6.09 Å². The number of aromatic nitrogens is 2. The third-order valence-electron chi connectivity index (χ3n) is 4.53. The highest BCUT2D eigenvalue weighted by molar-refractivity contribution is 5.75. The molecule has 0 saturated carbocycles. The summed E-state index contributed by atoms with van der Waals surface area (Å²) in [6.45, 7) is 8.03. The molecule has 2 aromatic rings. The van der Waals surface area contributed by atoms with Gasteiger partial charge < -0.3 is 14.5 Å². The minimum Gasteiger partial charge on any atom is -0.444 e. The Kier molecular flexibility index (Phi) is 5.30. The molecule has 0 spiro atoms. The maximum absolute atomic E-state index is 12.3. The highest BCUT2D eigenvalue weighted by Crippen LogP contribution is 2.22. The van der Waals surface area contributed by atoms with Gasteiger partial charge >= 0.3 is 6.09 Å². The first-order chi connectivity index (χ1) is 12.3. The van der Waals surface area contributed by atoms with Crippen molar-refractivity contribution in [1.82, 2.24) is 14.9 Å². The third-order valence-corrected chi connectivity index (χ3v) is 4.53. The molecule has 1 aromatic heterocycles. The lowest BCUT2D eigenvalue weighted by atomic mass is 9.98. The number of hydrogen-bond donors (Lipinski definition) is 0. The van der Waals surface area contributed by atoms with Crippen molar-refractivity contribution in [2.24, 2.45) is 5.92 Å². The van der Waals surface area contributed by atoms with E-state index in [1.54, 1.807) is 0 Å². The molecule has 2 heterocycles. The topological polar surface area (TPSA) is 58.6 Å². The van der Waals surface area contributed by atoms with Crippen molar-refractivity contribution < 1.29 is 9.53 Å². The van der Waals surface area contributed by atoms with Crippen molar-refractivity contribution in [2.75, 3.05) is 31.6 Å². The molecule has 1 fully saturated rings. The van der Waals surface area contributed by atoms with Gasteiger partial charge in [-0.25, -0.2) is 9.78 Å². The van der Waals surface area contributed by atoms with Crippen molar-refractivity contribution in [3.63, 3.8) is 0 Å². The molecule has 3 rings (SSSR count). The van der Waals surface area contributed by atoms with Crippen LogP contribution in [0.25, 0.3) is 11.0 Å². The fourth-order valence-corrected chi connectivity index (χ4v) is 3.32. The number of carbonyl (C=O) groups is 1. The second kappa shape index (κ2) is 7.48. The van der Waals surface area contributed by atoms with Crippen LogP contribution in [0.1, 0.15) is 33.6 Å².